The number of hydrogen-bond acceptors (Lipinski definition) is 5. The van der Waals surface area contributed by atoms with E-state index in [0.29, 0.717) is 36.5 Å². The molecule has 2 spiro atoms. The van der Waals surface area contributed by atoms with Crippen molar-refractivity contribution in [1.82, 2.24) is 13.9 Å². The molecule has 2 aromatic rings. The smallest absolute Gasteiger partial charge is 0.352 e. The molecule has 2 N–H and O–H groups in total. The van der Waals surface area contributed by atoms with Crippen molar-refractivity contribution in [3.05, 3.63) is 69.5 Å². The molecule has 1 aromatic heterocycles. The first kappa shape index (κ1) is 31.9. The maximum Gasteiger partial charge on any atom is 0.352 e. The second-order valence-corrected chi connectivity index (χ2v) is 17.6. The van der Waals surface area contributed by atoms with Gasteiger partial charge in [0.2, 0.25) is 0 Å². The Hall–Kier alpha value is -2.69. The van der Waals surface area contributed by atoms with E-state index in [4.69, 9.17) is 0 Å². The van der Waals surface area contributed by atoms with Gasteiger partial charge in [0.15, 0.2) is 0 Å². The average Bonchev–Trinajstić information content (AvgIpc) is 3.50. The quantitative estimate of drug-likeness (QED) is 0.314. The van der Waals surface area contributed by atoms with E-state index in [2.05, 4.69) is 65.8 Å². The number of aliphatic hydroxyl groups is 1. The molecule has 8 rings (SSSR count). The van der Waals surface area contributed by atoms with Crippen LogP contribution in [-0.2, 0) is 21.2 Å². The lowest BCUT2D eigenvalue weighted by molar-refractivity contribution is -0.199. The van der Waals surface area contributed by atoms with Crippen molar-refractivity contribution in [3.8, 4) is 5.69 Å². The molecule has 10 atom stereocenters. The Kier molecular flexibility index (Phi) is 7.04. The van der Waals surface area contributed by atoms with Crippen LogP contribution >= 0.6 is 0 Å². The summed E-state index contributed by atoms with van der Waals surface area (Å²) in [6.07, 6.45) is 14.4. The SMILES string of the molecule is CC(C)C(C)/C=C/C(C)C1CCC2C1(C)CCC1C23C=CC2(CC(O)CCC12C)n1c(=O)n(-c2ccc(S(=O)(=O)O)cc2)c(=O)n13. The zero-order valence-corrected chi connectivity index (χ0v) is 28.7. The molecule has 2 bridgehead atoms. The maximum absolute atomic E-state index is 14.8. The highest BCUT2D eigenvalue weighted by atomic mass is 32.2. The van der Waals surface area contributed by atoms with Gasteiger partial charge in [-0.3, -0.25) is 4.55 Å². The Bertz CT molecular complexity index is 1850. The van der Waals surface area contributed by atoms with Gasteiger partial charge in [-0.1, -0.05) is 65.8 Å². The molecule has 3 fully saturated rings. The van der Waals surface area contributed by atoms with Gasteiger partial charge in [0.05, 0.1) is 27.8 Å². The molecule has 10 unspecified atom stereocenters. The number of nitrogens with zero attached hydrogens (tertiary/aromatic N) is 3. The third-order valence-corrected chi connectivity index (χ3v) is 14.8. The van der Waals surface area contributed by atoms with Crippen molar-refractivity contribution in [2.75, 3.05) is 0 Å². The van der Waals surface area contributed by atoms with E-state index in [1.54, 1.807) is 9.36 Å². The number of allylic oxidation sites excluding steroid dienone is 4. The van der Waals surface area contributed by atoms with Gasteiger partial charge in [-0.25, -0.2) is 23.5 Å². The van der Waals surface area contributed by atoms with E-state index in [1.165, 1.54) is 24.3 Å². The normalized spacial score (nSPS) is 39.2. The van der Waals surface area contributed by atoms with Crippen LogP contribution in [0.4, 0.5) is 0 Å². The third kappa shape index (κ3) is 3.95. The monoisotopic (exact) mass is 651 g/mol. The van der Waals surface area contributed by atoms with Crippen LogP contribution < -0.4 is 11.4 Å². The van der Waals surface area contributed by atoms with Crippen LogP contribution in [0.25, 0.3) is 5.69 Å². The van der Waals surface area contributed by atoms with Gasteiger partial charge in [-0.2, -0.15) is 8.42 Å². The molecular formula is C36H49N3O6S. The van der Waals surface area contributed by atoms with Gasteiger partial charge in [-0.15, -0.1) is 0 Å². The minimum atomic E-state index is -4.44. The summed E-state index contributed by atoms with van der Waals surface area (Å²) >= 11 is 0. The van der Waals surface area contributed by atoms with Crippen LogP contribution in [0.1, 0.15) is 86.5 Å². The van der Waals surface area contributed by atoms with E-state index in [0.717, 1.165) is 36.7 Å². The van der Waals surface area contributed by atoms with E-state index < -0.39 is 38.7 Å². The summed E-state index contributed by atoms with van der Waals surface area (Å²) in [5, 5.41) is 11.1. The number of benzene rings is 1. The molecule has 9 nitrogen and oxygen atoms in total. The highest BCUT2D eigenvalue weighted by Gasteiger charge is 2.75. The van der Waals surface area contributed by atoms with Crippen LogP contribution in [0.3, 0.4) is 0 Å². The summed E-state index contributed by atoms with van der Waals surface area (Å²) in [5.41, 5.74) is -2.62. The van der Waals surface area contributed by atoms with Crippen molar-refractivity contribution in [2.45, 2.75) is 109 Å². The zero-order chi connectivity index (χ0) is 33.2. The first-order chi connectivity index (χ1) is 21.5. The standard InChI is InChI=1S/C36H49N3O6S/c1-22(2)23(3)7-8-24(4)28-13-14-29-33(28,5)17-16-30-34(6)18-15-26(40)21-35(34)19-20-36(29,30)39-32(42)37(31(41)38(35)39)25-9-11-27(12-10-25)46(43,44)45/h7-12,19-20,22-24,26,28-30,40H,13-18,21H2,1-6H3,(H,43,44,45)/b8-7+. The van der Waals surface area contributed by atoms with Crippen molar-refractivity contribution in [2.24, 2.45) is 46.3 Å². The van der Waals surface area contributed by atoms with Gasteiger partial charge in [0.1, 0.15) is 0 Å². The molecule has 0 saturated heterocycles. The van der Waals surface area contributed by atoms with Gasteiger partial charge in [0.25, 0.3) is 10.1 Å². The molecule has 0 radical (unpaired) electrons. The first-order valence-electron chi connectivity index (χ1n) is 17.2. The van der Waals surface area contributed by atoms with Crippen molar-refractivity contribution in [3.63, 3.8) is 0 Å². The fraction of sp³-hybridized carbons (Fsp3) is 0.667. The van der Waals surface area contributed by atoms with E-state index in [9.17, 15) is 27.7 Å². The summed E-state index contributed by atoms with van der Waals surface area (Å²) in [6, 6.07) is 5.23. The molecular weight excluding hydrogens is 602 g/mol. The summed E-state index contributed by atoms with van der Waals surface area (Å²) in [7, 11) is -4.44. The molecule has 10 heteroatoms. The molecule has 4 aliphatic carbocycles. The second kappa shape index (κ2) is 10.2. The molecule has 3 heterocycles. The lowest BCUT2D eigenvalue weighted by atomic mass is 9.40. The van der Waals surface area contributed by atoms with E-state index >= 15 is 0 Å². The minimum absolute atomic E-state index is 0.0485. The van der Waals surface area contributed by atoms with Crippen molar-refractivity contribution >= 4 is 10.1 Å². The van der Waals surface area contributed by atoms with Gasteiger partial charge in [-0.05, 0) is 104 Å². The van der Waals surface area contributed by atoms with E-state index in [1.807, 2.05) is 0 Å². The summed E-state index contributed by atoms with van der Waals surface area (Å²) in [5.74, 6) is 2.15. The highest BCUT2D eigenvalue weighted by molar-refractivity contribution is 7.85. The van der Waals surface area contributed by atoms with Gasteiger partial charge < -0.3 is 5.11 Å². The first-order valence-corrected chi connectivity index (χ1v) is 18.6. The lowest BCUT2D eigenvalue weighted by Crippen LogP contribution is -2.76. The summed E-state index contributed by atoms with van der Waals surface area (Å²) < 4.78 is 37.6. The second-order valence-electron chi connectivity index (χ2n) is 16.1. The number of aliphatic hydroxyl groups excluding tert-OH is 1. The largest absolute Gasteiger partial charge is 0.393 e. The van der Waals surface area contributed by atoms with E-state index in [-0.39, 0.29) is 33.2 Å². The van der Waals surface area contributed by atoms with Crippen LogP contribution in [0.15, 0.2) is 63.1 Å². The maximum atomic E-state index is 14.8. The van der Waals surface area contributed by atoms with Crippen molar-refractivity contribution in [1.29, 1.82) is 0 Å². The number of rotatable bonds is 6. The molecule has 1 aromatic carbocycles. The molecule has 250 valence electrons. The zero-order valence-electron chi connectivity index (χ0n) is 27.9. The molecule has 0 amide bonds. The molecule has 46 heavy (non-hydrogen) atoms. The Labute approximate surface area is 271 Å². The third-order valence-electron chi connectivity index (χ3n) is 13.9. The average molecular weight is 652 g/mol. The summed E-state index contributed by atoms with van der Waals surface area (Å²) in [6.45, 7) is 13.8. The predicted octanol–water partition coefficient (Wildman–Crippen LogP) is 5.50. The Morgan fingerprint density at radius 2 is 1.54 bits per heavy atom. The van der Waals surface area contributed by atoms with Crippen LogP contribution in [0, 0.1) is 46.3 Å². The van der Waals surface area contributed by atoms with Gasteiger partial charge in [0, 0.05) is 11.8 Å². The highest BCUT2D eigenvalue weighted by Crippen LogP contribution is 2.74. The minimum Gasteiger partial charge on any atom is -0.393 e. The molecule has 3 saturated carbocycles. The van der Waals surface area contributed by atoms with Crippen LogP contribution in [0.5, 0.6) is 0 Å². The Morgan fingerprint density at radius 3 is 2.20 bits per heavy atom. The predicted molar refractivity (Wildman–Crippen MR) is 177 cm³/mol. The Balaban J connectivity index is 1.42. The number of aromatic nitrogens is 3. The lowest BCUT2D eigenvalue weighted by Gasteiger charge is -2.71. The van der Waals surface area contributed by atoms with Crippen molar-refractivity contribution < 1.29 is 18.1 Å². The molecule has 2 aliphatic heterocycles. The number of hydrogen-bond donors (Lipinski definition) is 2. The topological polar surface area (TPSA) is 124 Å². The summed E-state index contributed by atoms with van der Waals surface area (Å²) in [4.78, 5) is 29.1. The fourth-order valence-electron chi connectivity index (χ4n) is 11.2. The molecule has 6 aliphatic rings. The van der Waals surface area contributed by atoms with Crippen LogP contribution in [0.2, 0.25) is 0 Å². The fourth-order valence-corrected chi connectivity index (χ4v) is 11.7. The van der Waals surface area contributed by atoms with Gasteiger partial charge >= 0.3 is 11.4 Å². The Morgan fingerprint density at radius 1 is 0.870 bits per heavy atom. The van der Waals surface area contributed by atoms with Crippen LogP contribution in [-0.4, -0.2) is 38.1 Å². The number of fused-ring (bicyclic) bond motifs is 1.